The number of carboxylic acids is 1. The maximum atomic E-state index is 12.3. The third-order valence-corrected chi connectivity index (χ3v) is 4.55. The van der Waals surface area contributed by atoms with E-state index in [-0.39, 0.29) is 17.9 Å². The van der Waals surface area contributed by atoms with Crippen LogP contribution in [0.15, 0.2) is 0 Å². The number of carbonyl (C=O) groups excluding carboxylic acids is 1. The van der Waals surface area contributed by atoms with Gasteiger partial charge in [0, 0.05) is 26.0 Å². The van der Waals surface area contributed by atoms with Crippen molar-refractivity contribution in [1.29, 1.82) is 0 Å². The van der Waals surface area contributed by atoms with Crippen LogP contribution in [0.25, 0.3) is 0 Å². The molecule has 18 heavy (non-hydrogen) atoms. The second-order valence-electron chi connectivity index (χ2n) is 5.78. The van der Waals surface area contributed by atoms with E-state index in [2.05, 4.69) is 0 Å². The van der Waals surface area contributed by atoms with Gasteiger partial charge in [-0.2, -0.15) is 0 Å². The molecule has 0 bridgehead atoms. The number of aliphatic carboxylic acids is 1. The lowest BCUT2D eigenvalue weighted by atomic mass is 10.2. The maximum absolute atomic E-state index is 12.3. The van der Waals surface area contributed by atoms with Crippen LogP contribution in [0, 0.1) is 17.8 Å². The van der Waals surface area contributed by atoms with Gasteiger partial charge < -0.3 is 14.7 Å². The van der Waals surface area contributed by atoms with Crippen molar-refractivity contribution in [3.8, 4) is 0 Å². The number of ether oxygens (including phenoxy) is 1. The largest absolute Gasteiger partial charge is 0.480 e. The predicted molar refractivity (Wildman–Crippen MR) is 62.9 cm³/mol. The van der Waals surface area contributed by atoms with Crippen LogP contribution in [0.4, 0.5) is 0 Å². The zero-order chi connectivity index (χ0) is 12.9. The summed E-state index contributed by atoms with van der Waals surface area (Å²) in [6.45, 7) is 0.431. The van der Waals surface area contributed by atoms with Gasteiger partial charge in [-0.15, -0.1) is 0 Å². The molecule has 3 rings (SSSR count). The Bertz CT molecular complexity index is 379. The van der Waals surface area contributed by atoms with Crippen LogP contribution in [-0.4, -0.2) is 47.7 Å². The molecule has 0 aromatic rings. The molecule has 5 heteroatoms. The van der Waals surface area contributed by atoms with Gasteiger partial charge in [-0.25, -0.2) is 4.79 Å². The topological polar surface area (TPSA) is 66.8 Å². The first-order chi connectivity index (χ1) is 8.61. The van der Waals surface area contributed by atoms with Gasteiger partial charge in [0.15, 0.2) is 0 Å². The minimum absolute atomic E-state index is 0.0406. The number of amides is 1. The molecule has 4 unspecified atom stereocenters. The summed E-state index contributed by atoms with van der Waals surface area (Å²) in [7, 11) is 1.57. The van der Waals surface area contributed by atoms with Crippen LogP contribution in [0.3, 0.4) is 0 Å². The molecule has 1 N–H and O–H groups in total. The molecule has 3 aliphatic rings. The molecule has 1 saturated heterocycles. The fourth-order valence-corrected chi connectivity index (χ4v) is 3.20. The summed E-state index contributed by atoms with van der Waals surface area (Å²) in [5.74, 6) is 0.497. The minimum Gasteiger partial charge on any atom is -0.480 e. The summed E-state index contributed by atoms with van der Waals surface area (Å²) in [5.41, 5.74) is 0. The molecular formula is C13H19NO4. The second kappa shape index (κ2) is 4.23. The van der Waals surface area contributed by atoms with Crippen molar-refractivity contribution in [3.63, 3.8) is 0 Å². The Morgan fingerprint density at radius 2 is 2.00 bits per heavy atom. The SMILES string of the molecule is COC1CC(C(=O)O)N(C(=O)C2CC2C2CC2)C1. The molecule has 4 atom stereocenters. The van der Waals surface area contributed by atoms with Crippen LogP contribution in [-0.2, 0) is 14.3 Å². The Labute approximate surface area is 106 Å². The van der Waals surface area contributed by atoms with E-state index in [9.17, 15) is 14.7 Å². The lowest BCUT2D eigenvalue weighted by Gasteiger charge is -2.21. The average molecular weight is 253 g/mol. The van der Waals surface area contributed by atoms with Crippen LogP contribution in [0.2, 0.25) is 0 Å². The molecule has 0 spiro atoms. The van der Waals surface area contributed by atoms with E-state index in [4.69, 9.17) is 4.74 Å². The fraction of sp³-hybridized carbons (Fsp3) is 0.846. The van der Waals surface area contributed by atoms with E-state index in [0.29, 0.717) is 18.9 Å². The van der Waals surface area contributed by atoms with Gasteiger partial charge in [-0.05, 0) is 31.1 Å². The van der Waals surface area contributed by atoms with Crippen molar-refractivity contribution in [1.82, 2.24) is 4.90 Å². The molecule has 100 valence electrons. The predicted octanol–water partition coefficient (Wildman–Crippen LogP) is 0.733. The number of likely N-dealkylation sites (tertiary alicyclic amines) is 1. The summed E-state index contributed by atoms with van der Waals surface area (Å²) in [6, 6.07) is -0.692. The third kappa shape index (κ3) is 2.00. The number of hydrogen-bond donors (Lipinski definition) is 1. The Morgan fingerprint density at radius 3 is 2.56 bits per heavy atom. The van der Waals surface area contributed by atoms with Gasteiger partial charge in [-0.1, -0.05) is 0 Å². The standard InChI is InChI=1S/C13H19NO4/c1-18-8-4-11(13(16)17)14(6-8)12(15)10-5-9(10)7-2-3-7/h7-11H,2-6H2,1H3,(H,16,17). The van der Waals surface area contributed by atoms with E-state index in [1.165, 1.54) is 17.7 Å². The summed E-state index contributed by atoms with van der Waals surface area (Å²) >= 11 is 0. The normalized spacial score (nSPS) is 38.8. The Hall–Kier alpha value is -1.10. The number of methoxy groups -OCH3 is 1. The lowest BCUT2D eigenvalue weighted by Crippen LogP contribution is -2.41. The van der Waals surface area contributed by atoms with Crippen molar-refractivity contribution in [2.45, 2.75) is 37.8 Å². The fourth-order valence-electron chi connectivity index (χ4n) is 3.20. The molecule has 3 fully saturated rings. The number of carbonyl (C=O) groups is 2. The first-order valence-electron chi connectivity index (χ1n) is 6.68. The smallest absolute Gasteiger partial charge is 0.326 e. The molecule has 5 nitrogen and oxygen atoms in total. The average Bonchev–Trinajstić information content (AvgIpc) is 3.21. The zero-order valence-corrected chi connectivity index (χ0v) is 10.5. The highest BCUT2D eigenvalue weighted by Gasteiger charge is 2.54. The van der Waals surface area contributed by atoms with Crippen molar-refractivity contribution in [2.75, 3.05) is 13.7 Å². The monoisotopic (exact) mass is 253 g/mol. The first kappa shape index (κ1) is 12.0. The molecule has 0 aromatic carbocycles. The Kier molecular flexibility index (Phi) is 2.81. The number of carboxylic acid groups (broad SMARTS) is 1. The van der Waals surface area contributed by atoms with Crippen molar-refractivity contribution in [2.24, 2.45) is 17.8 Å². The molecule has 0 aromatic heterocycles. The summed E-state index contributed by atoms with van der Waals surface area (Å²) in [6.07, 6.45) is 3.74. The first-order valence-corrected chi connectivity index (χ1v) is 6.68. The Balaban J connectivity index is 1.66. The minimum atomic E-state index is -0.911. The van der Waals surface area contributed by atoms with Gasteiger partial charge in [0.05, 0.1) is 6.10 Å². The Morgan fingerprint density at radius 1 is 1.28 bits per heavy atom. The summed E-state index contributed by atoms with van der Waals surface area (Å²) < 4.78 is 5.20. The van der Waals surface area contributed by atoms with Gasteiger partial charge in [-0.3, -0.25) is 4.79 Å². The van der Waals surface area contributed by atoms with Crippen LogP contribution < -0.4 is 0 Å². The van der Waals surface area contributed by atoms with Gasteiger partial charge in [0.2, 0.25) is 5.91 Å². The quantitative estimate of drug-likeness (QED) is 0.802. The molecule has 0 radical (unpaired) electrons. The molecule has 1 aliphatic heterocycles. The highest BCUT2D eigenvalue weighted by atomic mass is 16.5. The highest BCUT2D eigenvalue weighted by molar-refractivity contribution is 5.87. The van der Waals surface area contributed by atoms with E-state index in [0.717, 1.165) is 12.3 Å². The molecule has 1 amide bonds. The third-order valence-electron chi connectivity index (χ3n) is 4.55. The van der Waals surface area contributed by atoms with Crippen LogP contribution >= 0.6 is 0 Å². The lowest BCUT2D eigenvalue weighted by molar-refractivity contribution is -0.148. The maximum Gasteiger partial charge on any atom is 0.326 e. The molecule has 2 saturated carbocycles. The summed E-state index contributed by atoms with van der Waals surface area (Å²) in [5, 5.41) is 9.19. The second-order valence-corrected chi connectivity index (χ2v) is 5.78. The van der Waals surface area contributed by atoms with Crippen LogP contribution in [0.1, 0.15) is 25.7 Å². The molecule has 2 aliphatic carbocycles. The van der Waals surface area contributed by atoms with E-state index in [1.807, 2.05) is 0 Å². The van der Waals surface area contributed by atoms with Gasteiger partial charge >= 0.3 is 5.97 Å². The van der Waals surface area contributed by atoms with Crippen LogP contribution in [0.5, 0.6) is 0 Å². The van der Waals surface area contributed by atoms with E-state index < -0.39 is 12.0 Å². The number of rotatable bonds is 4. The molecule has 1 heterocycles. The number of hydrogen-bond acceptors (Lipinski definition) is 3. The highest BCUT2D eigenvalue weighted by Crippen LogP contribution is 2.55. The number of nitrogens with zero attached hydrogens (tertiary/aromatic N) is 1. The van der Waals surface area contributed by atoms with E-state index >= 15 is 0 Å². The van der Waals surface area contributed by atoms with Crippen molar-refractivity contribution in [3.05, 3.63) is 0 Å². The van der Waals surface area contributed by atoms with Crippen molar-refractivity contribution < 1.29 is 19.4 Å². The van der Waals surface area contributed by atoms with Crippen molar-refractivity contribution >= 4 is 11.9 Å². The molecular weight excluding hydrogens is 234 g/mol. The van der Waals surface area contributed by atoms with Gasteiger partial charge in [0.1, 0.15) is 6.04 Å². The van der Waals surface area contributed by atoms with Gasteiger partial charge in [0.25, 0.3) is 0 Å². The van der Waals surface area contributed by atoms with E-state index in [1.54, 1.807) is 7.11 Å². The zero-order valence-electron chi connectivity index (χ0n) is 10.5. The summed E-state index contributed by atoms with van der Waals surface area (Å²) in [4.78, 5) is 25.1.